The summed E-state index contributed by atoms with van der Waals surface area (Å²) >= 11 is 4.03. The highest BCUT2D eigenvalue weighted by molar-refractivity contribution is 8.06. The van der Waals surface area contributed by atoms with Gasteiger partial charge in [0.15, 0.2) is 0 Å². The number of carbonyl (C=O) groups is 1. The fraction of sp³-hybridized carbons (Fsp3) is 0.917. The highest BCUT2D eigenvalue weighted by atomic mass is 32.2. The van der Waals surface area contributed by atoms with Crippen molar-refractivity contribution in [3.63, 3.8) is 0 Å². The number of nitrogens with zero attached hydrogens (tertiary/aromatic N) is 1. The van der Waals surface area contributed by atoms with Crippen molar-refractivity contribution in [2.45, 2.75) is 44.1 Å². The average molecular weight is 274 g/mol. The Morgan fingerprint density at radius 1 is 1.53 bits per heavy atom. The van der Waals surface area contributed by atoms with E-state index in [1.165, 1.54) is 17.3 Å². The van der Waals surface area contributed by atoms with Gasteiger partial charge in [0.05, 0.1) is 11.7 Å². The minimum absolute atomic E-state index is 0.181. The summed E-state index contributed by atoms with van der Waals surface area (Å²) in [5.41, 5.74) is -0.341. The highest BCUT2D eigenvalue weighted by Crippen LogP contribution is 2.29. The summed E-state index contributed by atoms with van der Waals surface area (Å²) in [5.74, 6) is 3.95. The molecule has 2 rings (SSSR count). The van der Waals surface area contributed by atoms with E-state index in [0.29, 0.717) is 5.25 Å². The van der Waals surface area contributed by atoms with Crippen molar-refractivity contribution in [3.8, 4) is 0 Å². The van der Waals surface area contributed by atoms with Crippen molar-refractivity contribution in [2.24, 2.45) is 0 Å². The molecule has 0 aliphatic carbocycles. The molecule has 2 aliphatic heterocycles. The molecule has 0 radical (unpaired) electrons. The number of nitrogens with one attached hydrogen (secondary N) is 1. The van der Waals surface area contributed by atoms with Crippen LogP contribution in [-0.4, -0.2) is 51.6 Å². The van der Waals surface area contributed by atoms with Crippen LogP contribution in [0.2, 0.25) is 0 Å². The molecule has 17 heavy (non-hydrogen) atoms. The first kappa shape index (κ1) is 13.6. The molecule has 2 saturated heterocycles. The lowest BCUT2D eigenvalue weighted by Gasteiger charge is -2.28. The summed E-state index contributed by atoms with van der Waals surface area (Å²) in [7, 11) is 0. The molecule has 3 atom stereocenters. The molecule has 98 valence electrons. The van der Waals surface area contributed by atoms with Gasteiger partial charge < -0.3 is 4.90 Å². The monoisotopic (exact) mass is 274 g/mol. The molecular formula is C12H22N2OS2. The van der Waals surface area contributed by atoms with Crippen molar-refractivity contribution < 1.29 is 4.79 Å². The SMILES string of the molecule is CCC1(C)NC(C)N(CC2CSCCS2)C1=O. The lowest BCUT2D eigenvalue weighted by atomic mass is 9.99. The molecule has 0 aromatic rings. The minimum atomic E-state index is -0.341. The molecule has 2 aliphatic rings. The Kier molecular flexibility index (Phi) is 4.31. The Morgan fingerprint density at radius 2 is 2.29 bits per heavy atom. The van der Waals surface area contributed by atoms with Gasteiger partial charge in [-0.1, -0.05) is 6.92 Å². The van der Waals surface area contributed by atoms with Crippen LogP contribution in [0, 0.1) is 0 Å². The quantitative estimate of drug-likeness (QED) is 0.850. The molecule has 3 nitrogen and oxygen atoms in total. The number of hydrogen-bond acceptors (Lipinski definition) is 4. The van der Waals surface area contributed by atoms with E-state index in [9.17, 15) is 4.79 Å². The zero-order valence-corrected chi connectivity index (χ0v) is 12.5. The largest absolute Gasteiger partial charge is 0.325 e. The van der Waals surface area contributed by atoms with Gasteiger partial charge in [0, 0.05) is 29.1 Å². The van der Waals surface area contributed by atoms with E-state index in [1.807, 2.05) is 35.3 Å². The van der Waals surface area contributed by atoms with Crippen molar-refractivity contribution >= 4 is 29.4 Å². The van der Waals surface area contributed by atoms with Crippen molar-refractivity contribution in [2.75, 3.05) is 23.8 Å². The number of carbonyl (C=O) groups excluding carboxylic acids is 1. The van der Waals surface area contributed by atoms with Crippen LogP contribution in [0.25, 0.3) is 0 Å². The maximum atomic E-state index is 12.4. The third-order valence-electron chi connectivity index (χ3n) is 3.72. The van der Waals surface area contributed by atoms with E-state index in [2.05, 4.69) is 19.2 Å². The van der Waals surface area contributed by atoms with Crippen molar-refractivity contribution in [1.29, 1.82) is 0 Å². The molecule has 0 aromatic heterocycles. The zero-order chi connectivity index (χ0) is 12.5. The van der Waals surface area contributed by atoms with Crippen molar-refractivity contribution in [1.82, 2.24) is 10.2 Å². The first-order valence-corrected chi connectivity index (χ1v) is 8.55. The number of amides is 1. The smallest absolute Gasteiger partial charge is 0.243 e. The van der Waals surface area contributed by atoms with E-state index in [0.717, 1.165) is 13.0 Å². The molecule has 0 spiro atoms. The lowest BCUT2D eigenvalue weighted by molar-refractivity contribution is -0.132. The summed E-state index contributed by atoms with van der Waals surface area (Å²) in [6, 6.07) is 0. The second-order valence-electron chi connectivity index (χ2n) is 5.03. The zero-order valence-electron chi connectivity index (χ0n) is 10.9. The van der Waals surface area contributed by atoms with E-state index >= 15 is 0 Å². The third kappa shape index (κ3) is 2.76. The summed E-state index contributed by atoms with van der Waals surface area (Å²) < 4.78 is 0. The fourth-order valence-corrected chi connectivity index (χ4v) is 5.11. The van der Waals surface area contributed by atoms with E-state index in [1.54, 1.807) is 0 Å². The van der Waals surface area contributed by atoms with Gasteiger partial charge in [-0.2, -0.15) is 23.5 Å². The normalized spacial score (nSPS) is 38.8. The molecule has 1 amide bonds. The van der Waals surface area contributed by atoms with Crippen LogP contribution < -0.4 is 5.32 Å². The number of hydrogen-bond donors (Lipinski definition) is 1. The van der Waals surface area contributed by atoms with Gasteiger partial charge in [-0.25, -0.2) is 0 Å². The lowest BCUT2D eigenvalue weighted by Crippen LogP contribution is -2.44. The number of rotatable bonds is 3. The molecule has 0 saturated carbocycles. The van der Waals surface area contributed by atoms with Gasteiger partial charge in [-0.15, -0.1) is 0 Å². The number of thioether (sulfide) groups is 2. The molecule has 3 unspecified atom stereocenters. The fourth-order valence-electron chi connectivity index (χ4n) is 2.45. The predicted molar refractivity (Wildman–Crippen MR) is 76.6 cm³/mol. The molecule has 2 heterocycles. The second kappa shape index (κ2) is 5.41. The van der Waals surface area contributed by atoms with Gasteiger partial charge >= 0.3 is 0 Å². The van der Waals surface area contributed by atoms with Crippen molar-refractivity contribution in [3.05, 3.63) is 0 Å². The molecule has 0 bridgehead atoms. The van der Waals surface area contributed by atoms with Gasteiger partial charge in [-0.3, -0.25) is 10.1 Å². The molecular weight excluding hydrogens is 252 g/mol. The predicted octanol–water partition coefficient (Wildman–Crippen LogP) is 1.78. The summed E-state index contributed by atoms with van der Waals surface area (Å²) in [5, 5.41) is 4.04. The van der Waals surface area contributed by atoms with Crippen LogP contribution in [-0.2, 0) is 4.79 Å². The molecule has 0 aromatic carbocycles. The van der Waals surface area contributed by atoms with Crippen LogP contribution in [0.4, 0.5) is 0 Å². The standard InChI is InChI=1S/C12H22N2OS2/c1-4-12(3)11(15)14(9(2)13-12)7-10-8-16-5-6-17-10/h9-10,13H,4-8H2,1-3H3. The maximum absolute atomic E-state index is 12.4. The van der Waals surface area contributed by atoms with E-state index in [-0.39, 0.29) is 17.6 Å². The first-order chi connectivity index (χ1) is 8.07. The Morgan fingerprint density at radius 3 is 2.82 bits per heavy atom. The van der Waals surface area contributed by atoms with Crippen LogP contribution in [0.5, 0.6) is 0 Å². The summed E-state index contributed by atoms with van der Waals surface area (Å²) in [4.78, 5) is 14.4. The van der Waals surface area contributed by atoms with Crippen LogP contribution in [0.15, 0.2) is 0 Å². The van der Waals surface area contributed by atoms with Gasteiger partial charge in [0.2, 0.25) is 5.91 Å². The summed E-state index contributed by atoms with van der Waals surface area (Å²) in [6.45, 7) is 7.10. The second-order valence-corrected chi connectivity index (χ2v) is 7.59. The Hall–Kier alpha value is 0.130. The van der Waals surface area contributed by atoms with E-state index in [4.69, 9.17) is 0 Å². The summed E-state index contributed by atoms with van der Waals surface area (Å²) in [6.07, 6.45) is 1.04. The minimum Gasteiger partial charge on any atom is -0.325 e. The highest BCUT2D eigenvalue weighted by Gasteiger charge is 2.45. The van der Waals surface area contributed by atoms with Crippen LogP contribution in [0.3, 0.4) is 0 Å². The van der Waals surface area contributed by atoms with Gasteiger partial charge in [0.25, 0.3) is 0 Å². The Balaban J connectivity index is 1.98. The molecule has 1 N–H and O–H groups in total. The molecule has 5 heteroatoms. The Bertz CT molecular complexity index is 294. The maximum Gasteiger partial charge on any atom is 0.243 e. The third-order valence-corrected chi connectivity index (χ3v) is 6.55. The van der Waals surface area contributed by atoms with E-state index < -0.39 is 0 Å². The average Bonchev–Trinajstić information content (AvgIpc) is 2.55. The van der Waals surface area contributed by atoms with Gasteiger partial charge in [0.1, 0.15) is 0 Å². The van der Waals surface area contributed by atoms with Gasteiger partial charge in [-0.05, 0) is 20.3 Å². The molecule has 2 fully saturated rings. The Labute approximate surface area is 112 Å². The topological polar surface area (TPSA) is 32.3 Å². The van der Waals surface area contributed by atoms with Crippen LogP contribution in [0.1, 0.15) is 27.2 Å². The first-order valence-electron chi connectivity index (χ1n) is 6.35. The van der Waals surface area contributed by atoms with Crippen LogP contribution >= 0.6 is 23.5 Å².